The van der Waals surface area contributed by atoms with E-state index in [1.54, 1.807) is 32.2 Å². The quantitative estimate of drug-likeness (QED) is 0.334. The molecule has 0 amide bonds. The molecule has 1 heterocycles. The Hall–Kier alpha value is -3.04. The number of benzene rings is 2. The maximum atomic E-state index is 14.8. The molecule has 7 nitrogen and oxygen atoms in total. The number of anilines is 1. The van der Waals surface area contributed by atoms with E-state index in [-0.39, 0.29) is 11.6 Å². The van der Waals surface area contributed by atoms with Gasteiger partial charge >= 0.3 is 5.92 Å². The average molecular weight is 502 g/mol. The van der Waals surface area contributed by atoms with Gasteiger partial charge in [-0.25, -0.2) is 9.97 Å². The minimum absolute atomic E-state index is 0.251. The average Bonchev–Trinajstić information content (AvgIpc) is 3.65. The molecule has 9 heteroatoms. The molecule has 0 bridgehead atoms. The summed E-state index contributed by atoms with van der Waals surface area (Å²) in [7, 11) is 1.57. The van der Waals surface area contributed by atoms with Crippen molar-refractivity contribution in [2.75, 3.05) is 25.6 Å². The first-order valence-corrected chi connectivity index (χ1v) is 12.1. The smallest absolute Gasteiger partial charge is 0.300 e. The number of alkyl halides is 2. The lowest BCUT2D eigenvalue weighted by atomic mass is 9.91. The summed E-state index contributed by atoms with van der Waals surface area (Å²) < 4.78 is 46.6. The van der Waals surface area contributed by atoms with Crippen LogP contribution in [-0.4, -0.2) is 47.1 Å². The molecule has 0 spiro atoms. The van der Waals surface area contributed by atoms with Crippen molar-refractivity contribution in [3.8, 4) is 11.5 Å². The van der Waals surface area contributed by atoms with E-state index in [4.69, 9.17) is 14.2 Å². The second-order valence-corrected chi connectivity index (χ2v) is 9.68. The maximum Gasteiger partial charge on any atom is 0.300 e. The molecule has 194 valence electrons. The van der Waals surface area contributed by atoms with Gasteiger partial charge in [0.05, 0.1) is 25.3 Å². The maximum absolute atomic E-state index is 14.8. The molecule has 1 aliphatic carbocycles. The van der Waals surface area contributed by atoms with Crippen molar-refractivity contribution in [1.82, 2.24) is 9.97 Å². The molecule has 1 fully saturated rings. The molecule has 2 aromatic carbocycles. The number of nitrogens with zero attached hydrogens (tertiary/aromatic N) is 2. The molecule has 1 saturated carbocycles. The Morgan fingerprint density at radius 2 is 1.86 bits per heavy atom. The van der Waals surface area contributed by atoms with Crippen LogP contribution in [0.4, 0.5) is 14.6 Å². The van der Waals surface area contributed by atoms with Gasteiger partial charge in [0.25, 0.3) is 0 Å². The van der Waals surface area contributed by atoms with E-state index in [0.717, 1.165) is 26.7 Å². The lowest BCUT2D eigenvalue weighted by Crippen LogP contribution is -2.40. The molecule has 0 saturated heterocycles. The summed E-state index contributed by atoms with van der Waals surface area (Å²) in [6.45, 7) is 6.72. The Balaban J connectivity index is 1.61. The van der Waals surface area contributed by atoms with E-state index in [1.165, 1.54) is 12.1 Å². The fraction of sp³-hybridized carbons (Fsp3) is 0.481. The van der Waals surface area contributed by atoms with Gasteiger partial charge in [-0.2, -0.15) is 8.78 Å². The number of fused-ring (bicyclic) bond motifs is 1. The molecule has 0 radical (unpaired) electrons. The second kappa shape index (κ2) is 10.1. The van der Waals surface area contributed by atoms with E-state index in [9.17, 15) is 13.9 Å². The van der Waals surface area contributed by atoms with Crippen LogP contribution in [0, 0.1) is 6.92 Å². The number of aromatic nitrogens is 2. The van der Waals surface area contributed by atoms with Gasteiger partial charge in [-0.05, 0) is 58.2 Å². The largest absolute Gasteiger partial charge is 0.493 e. The highest BCUT2D eigenvalue weighted by molar-refractivity contribution is 5.92. The molecule has 1 atom stereocenters. The van der Waals surface area contributed by atoms with Crippen molar-refractivity contribution >= 4 is 16.7 Å². The standard InChI is InChI=1S/C27H33F2N3O4/c1-16(18-7-6-8-19(13-18)27(28,29)26(3,4)33)30-25-21-14-24(36-12-11-35-20-9-10-20)23(34-5)15-22(21)31-17(2)32-25/h6-8,13-16,20,33H,9-12H2,1-5H3,(H,30,31,32)/t16-/m1/s1. The molecular formula is C27H33F2N3O4. The van der Waals surface area contributed by atoms with E-state index < -0.39 is 11.5 Å². The van der Waals surface area contributed by atoms with Crippen molar-refractivity contribution in [2.24, 2.45) is 0 Å². The molecular weight excluding hydrogens is 468 g/mol. The summed E-state index contributed by atoms with van der Waals surface area (Å²) in [6, 6.07) is 9.30. The number of methoxy groups -OCH3 is 1. The summed E-state index contributed by atoms with van der Waals surface area (Å²) >= 11 is 0. The molecule has 1 aromatic heterocycles. The van der Waals surface area contributed by atoms with Crippen LogP contribution >= 0.6 is 0 Å². The third-order valence-electron chi connectivity index (χ3n) is 6.18. The Kier molecular flexibility index (Phi) is 7.33. The number of nitrogens with one attached hydrogen (secondary N) is 1. The Morgan fingerprint density at radius 3 is 2.53 bits per heavy atom. The minimum atomic E-state index is -3.41. The highest BCUT2D eigenvalue weighted by Gasteiger charge is 2.47. The van der Waals surface area contributed by atoms with Crippen LogP contribution in [0.1, 0.15) is 56.6 Å². The van der Waals surface area contributed by atoms with Crippen LogP contribution < -0.4 is 14.8 Å². The number of aryl methyl sites for hydroxylation is 1. The number of halogens is 2. The summed E-state index contributed by atoms with van der Waals surface area (Å²) in [5.74, 6) is -1.22. The highest BCUT2D eigenvalue weighted by Crippen LogP contribution is 2.40. The topological polar surface area (TPSA) is 85.7 Å². The van der Waals surface area contributed by atoms with Crippen molar-refractivity contribution in [3.05, 3.63) is 53.3 Å². The molecule has 3 aromatic rings. The first-order valence-electron chi connectivity index (χ1n) is 12.1. The van der Waals surface area contributed by atoms with E-state index in [0.29, 0.717) is 58.9 Å². The Morgan fingerprint density at radius 1 is 1.11 bits per heavy atom. The normalized spacial score (nSPS) is 15.1. The van der Waals surface area contributed by atoms with Crippen molar-refractivity contribution in [2.45, 2.75) is 64.2 Å². The number of hydrogen-bond donors (Lipinski definition) is 2. The van der Waals surface area contributed by atoms with Crippen LogP contribution in [0.5, 0.6) is 11.5 Å². The highest BCUT2D eigenvalue weighted by atomic mass is 19.3. The van der Waals surface area contributed by atoms with E-state index >= 15 is 0 Å². The van der Waals surface area contributed by atoms with Gasteiger partial charge in [0.15, 0.2) is 11.5 Å². The van der Waals surface area contributed by atoms with Gasteiger partial charge in [-0.1, -0.05) is 18.2 Å². The third-order valence-corrected chi connectivity index (χ3v) is 6.18. The zero-order valence-electron chi connectivity index (χ0n) is 21.3. The lowest BCUT2D eigenvalue weighted by molar-refractivity contribution is -0.168. The number of rotatable bonds is 11. The summed E-state index contributed by atoms with van der Waals surface area (Å²) in [5.41, 5.74) is -1.15. The van der Waals surface area contributed by atoms with Crippen LogP contribution in [0.2, 0.25) is 0 Å². The summed E-state index contributed by atoms with van der Waals surface area (Å²) in [5, 5.41) is 14.0. The van der Waals surface area contributed by atoms with Crippen LogP contribution in [-0.2, 0) is 10.7 Å². The number of aliphatic hydroxyl groups is 1. The molecule has 4 rings (SSSR count). The molecule has 1 aliphatic rings. The van der Waals surface area contributed by atoms with Gasteiger partial charge in [0.2, 0.25) is 0 Å². The Bertz CT molecular complexity index is 1230. The van der Waals surface area contributed by atoms with Crippen molar-refractivity contribution in [1.29, 1.82) is 0 Å². The predicted octanol–water partition coefficient (Wildman–Crippen LogP) is 5.54. The van der Waals surface area contributed by atoms with E-state index in [1.807, 2.05) is 13.0 Å². The Labute approximate surface area is 209 Å². The molecule has 2 N–H and O–H groups in total. The molecule has 0 unspecified atom stereocenters. The fourth-order valence-electron chi connectivity index (χ4n) is 3.88. The van der Waals surface area contributed by atoms with Crippen molar-refractivity contribution < 1.29 is 28.1 Å². The van der Waals surface area contributed by atoms with Gasteiger partial charge in [0.1, 0.15) is 23.9 Å². The predicted molar refractivity (Wildman–Crippen MR) is 134 cm³/mol. The zero-order chi connectivity index (χ0) is 26.1. The number of ether oxygens (including phenoxy) is 3. The van der Waals surface area contributed by atoms with Crippen LogP contribution in [0.15, 0.2) is 36.4 Å². The first-order chi connectivity index (χ1) is 17.0. The molecule has 0 aliphatic heterocycles. The van der Waals surface area contributed by atoms with Crippen molar-refractivity contribution in [3.63, 3.8) is 0 Å². The van der Waals surface area contributed by atoms with Crippen LogP contribution in [0.3, 0.4) is 0 Å². The summed E-state index contributed by atoms with van der Waals surface area (Å²) in [6.07, 6.45) is 2.55. The van der Waals surface area contributed by atoms with Gasteiger partial charge in [-0.3, -0.25) is 0 Å². The SMILES string of the molecule is COc1cc2nc(C)nc(N[C@H](C)c3cccc(C(F)(F)C(C)(C)O)c3)c2cc1OCCOC1CC1. The van der Waals surface area contributed by atoms with Crippen LogP contribution in [0.25, 0.3) is 10.9 Å². The van der Waals surface area contributed by atoms with E-state index in [2.05, 4.69) is 15.3 Å². The minimum Gasteiger partial charge on any atom is -0.493 e. The molecule has 36 heavy (non-hydrogen) atoms. The number of hydrogen-bond acceptors (Lipinski definition) is 7. The third kappa shape index (κ3) is 5.68. The van der Waals surface area contributed by atoms with Gasteiger partial charge < -0.3 is 24.6 Å². The summed E-state index contributed by atoms with van der Waals surface area (Å²) in [4.78, 5) is 9.10. The first kappa shape index (κ1) is 26.0. The zero-order valence-corrected chi connectivity index (χ0v) is 21.3. The second-order valence-electron chi connectivity index (χ2n) is 9.68. The monoisotopic (exact) mass is 501 g/mol. The fourth-order valence-corrected chi connectivity index (χ4v) is 3.88. The van der Waals surface area contributed by atoms with Gasteiger partial charge in [0, 0.05) is 23.1 Å². The van der Waals surface area contributed by atoms with Gasteiger partial charge in [-0.15, -0.1) is 0 Å². The lowest BCUT2D eigenvalue weighted by Gasteiger charge is -2.30.